The van der Waals surface area contributed by atoms with Crippen LogP contribution in [-0.4, -0.2) is 35.2 Å². The molecule has 1 heterocycles. The van der Waals surface area contributed by atoms with Crippen LogP contribution in [0.4, 0.5) is 0 Å². The molecule has 0 aliphatic carbocycles. The maximum atomic E-state index is 9.26. The average Bonchev–Trinajstić information content (AvgIpc) is 2.61. The van der Waals surface area contributed by atoms with E-state index < -0.39 is 0 Å². The van der Waals surface area contributed by atoms with Gasteiger partial charge in [0, 0.05) is 25.2 Å². The molecule has 3 nitrogen and oxygen atoms in total. The van der Waals surface area contributed by atoms with Crippen molar-refractivity contribution in [3.05, 3.63) is 35.9 Å². The fourth-order valence-corrected chi connectivity index (χ4v) is 2.21. The van der Waals surface area contributed by atoms with E-state index in [1.54, 1.807) is 0 Å². The number of likely N-dealkylation sites (tertiary alicyclic amines) is 1. The second-order valence-electron chi connectivity index (χ2n) is 4.16. The normalized spacial score (nSPS) is 27.1. The van der Waals surface area contributed by atoms with Gasteiger partial charge in [-0.2, -0.15) is 0 Å². The first-order chi connectivity index (χ1) is 7.31. The van der Waals surface area contributed by atoms with Crippen molar-refractivity contribution in [2.75, 3.05) is 13.2 Å². The van der Waals surface area contributed by atoms with Crippen molar-refractivity contribution in [3.63, 3.8) is 0 Å². The molecule has 3 heteroatoms. The van der Waals surface area contributed by atoms with Crippen molar-refractivity contribution in [1.82, 2.24) is 4.90 Å². The van der Waals surface area contributed by atoms with Crippen LogP contribution in [0.25, 0.3) is 0 Å². The van der Waals surface area contributed by atoms with Crippen molar-refractivity contribution in [1.29, 1.82) is 0 Å². The highest BCUT2D eigenvalue weighted by molar-refractivity contribution is 5.15. The maximum Gasteiger partial charge on any atom is 0.0602 e. The number of aliphatic hydroxyl groups excluding tert-OH is 1. The van der Waals surface area contributed by atoms with Gasteiger partial charge in [0.25, 0.3) is 0 Å². The number of nitrogens with two attached hydrogens (primary N) is 1. The average molecular weight is 206 g/mol. The molecule has 1 aromatic rings. The van der Waals surface area contributed by atoms with E-state index in [2.05, 4.69) is 17.0 Å². The summed E-state index contributed by atoms with van der Waals surface area (Å²) in [6.07, 6.45) is 0.984. The Kier molecular flexibility index (Phi) is 3.36. The number of benzene rings is 1. The zero-order valence-electron chi connectivity index (χ0n) is 8.84. The van der Waals surface area contributed by atoms with E-state index in [1.807, 2.05) is 18.2 Å². The summed E-state index contributed by atoms with van der Waals surface area (Å²) in [6.45, 7) is 2.04. The lowest BCUT2D eigenvalue weighted by molar-refractivity contribution is 0.146. The van der Waals surface area contributed by atoms with Crippen LogP contribution >= 0.6 is 0 Å². The highest BCUT2D eigenvalue weighted by Gasteiger charge is 2.30. The Morgan fingerprint density at radius 1 is 1.33 bits per heavy atom. The van der Waals surface area contributed by atoms with Crippen LogP contribution in [0.1, 0.15) is 12.0 Å². The van der Waals surface area contributed by atoms with Crippen molar-refractivity contribution >= 4 is 0 Å². The molecule has 15 heavy (non-hydrogen) atoms. The number of nitrogens with zero attached hydrogens (tertiary/aromatic N) is 1. The third kappa shape index (κ3) is 2.37. The molecule has 0 amide bonds. The van der Waals surface area contributed by atoms with Gasteiger partial charge < -0.3 is 10.8 Å². The Labute approximate surface area is 90.5 Å². The van der Waals surface area contributed by atoms with Crippen molar-refractivity contribution in [2.45, 2.75) is 25.0 Å². The Morgan fingerprint density at radius 3 is 2.73 bits per heavy atom. The van der Waals surface area contributed by atoms with Crippen molar-refractivity contribution < 1.29 is 5.11 Å². The molecule has 2 atom stereocenters. The molecular weight excluding hydrogens is 188 g/mol. The van der Waals surface area contributed by atoms with Crippen LogP contribution in [0, 0.1) is 0 Å². The minimum Gasteiger partial charge on any atom is -0.395 e. The van der Waals surface area contributed by atoms with E-state index in [0.717, 1.165) is 19.5 Å². The topological polar surface area (TPSA) is 49.5 Å². The first-order valence-corrected chi connectivity index (χ1v) is 5.45. The molecule has 0 saturated carbocycles. The maximum absolute atomic E-state index is 9.26. The summed E-state index contributed by atoms with van der Waals surface area (Å²) in [6, 6.07) is 10.6. The van der Waals surface area contributed by atoms with E-state index in [0.29, 0.717) is 0 Å². The highest BCUT2D eigenvalue weighted by atomic mass is 16.3. The van der Waals surface area contributed by atoms with Gasteiger partial charge in [-0.15, -0.1) is 0 Å². The molecule has 0 bridgehead atoms. The minimum atomic E-state index is 0.124. The molecule has 1 aliphatic heterocycles. The van der Waals surface area contributed by atoms with E-state index in [1.165, 1.54) is 5.56 Å². The Hall–Kier alpha value is -0.900. The van der Waals surface area contributed by atoms with E-state index >= 15 is 0 Å². The molecule has 1 aliphatic rings. The summed E-state index contributed by atoms with van der Waals surface area (Å²) >= 11 is 0. The monoisotopic (exact) mass is 206 g/mol. The first kappa shape index (κ1) is 10.6. The molecule has 1 saturated heterocycles. The molecule has 0 radical (unpaired) electrons. The molecule has 1 aromatic carbocycles. The van der Waals surface area contributed by atoms with Crippen molar-refractivity contribution in [3.8, 4) is 0 Å². The summed E-state index contributed by atoms with van der Waals surface area (Å²) in [5.41, 5.74) is 7.21. The van der Waals surface area contributed by atoms with E-state index in [4.69, 9.17) is 5.73 Å². The van der Waals surface area contributed by atoms with Gasteiger partial charge in [0.2, 0.25) is 0 Å². The molecule has 0 spiro atoms. The van der Waals surface area contributed by atoms with Crippen molar-refractivity contribution in [2.24, 2.45) is 5.73 Å². The molecule has 82 valence electrons. The predicted molar refractivity (Wildman–Crippen MR) is 60.3 cm³/mol. The number of hydrogen-bond acceptors (Lipinski definition) is 3. The molecule has 0 aromatic heterocycles. The second-order valence-corrected chi connectivity index (χ2v) is 4.16. The fraction of sp³-hybridized carbons (Fsp3) is 0.500. The van der Waals surface area contributed by atoms with Crippen LogP contribution in [-0.2, 0) is 6.54 Å². The zero-order chi connectivity index (χ0) is 10.7. The van der Waals surface area contributed by atoms with Gasteiger partial charge in [-0.25, -0.2) is 0 Å². The van der Waals surface area contributed by atoms with Gasteiger partial charge in [0.15, 0.2) is 0 Å². The Bertz CT molecular complexity index is 302. The van der Waals surface area contributed by atoms with Crippen LogP contribution in [0.2, 0.25) is 0 Å². The fourth-order valence-electron chi connectivity index (χ4n) is 2.21. The van der Waals surface area contributed by atoms with Crippen LogP contribution < -0.4 is 5.73 Å². The van der Waals surface area contributed by atoms with Gasteiger partial charge in [0.05, 0.1) is 6.61 Å². The third-order valence-corrected chi connectivity index (χ3v) is 3.13. The van der Waals surface area contributed by atoms with Crippen LogP contribution in [0.5, 0.6) is 0 Å². The smallest absolute Gasteiger partial charge is 0.0602 e. The molecule has 0 unspecified atom stereocenters. The lowest BCUT2D eigenvalue weighted by Crippen LogP contribution is -2.41. The molecule has 1 fully saturated rings. The first-order valence-electron chi connectivity index (χ1n) is 5.45. The highest BCUT2D eigenvalue weighted by Crippen LogP contribution is 2.18. The molecule has 2 rings (SSSR count). The quantitative estimate of drug-likeness (QED) is 0.760. The predicted octanol–water partition coefficient (Wildman–Crippen LogP) is 0.580. The van der Waals surface area contributed by atoms with E-state index in [-0.39, 0.29) is 18.7 Å². The largest absolute Gasteiger partial charge is 0.395 e. The van der Waals surface area contributed by atoms with Crippen LogP contribution in [0.3, 0.4) is 0 Å². The lowest BCUT2D eigenvalue weighted by Gasteiger charge is -2.24. The number of rotatable bonds is 3. The Balaban J connectivity index is 2.00. The molecule has 3 N–H and O–H groups in total. The summed E-state index contributed by atoms with van der Waals surface area (Å²) in [5.74, 6) is 0. The molecular formula is C12H18N2O. The number of aliphatic hydroxyl groups is 1. The van der Waals surface area contributed by atoms with Gasteiger partial charge >= 0.3 is 0 Å². The van der Waals surface area contributed by atoms with E-state index in [9.17, 15) is 5.11 Å². The zero-order valence-corrected chi connectivity index (χ0v) is 8.84. The lowest BCUT2D eigenvalue weighted by atomic mass is 10.1. The standard InChI is InChI=1S/C12H18N2O/c13-11-6-7-14(12(11)9-15)8-10-4-2-1-3-5-10/h1-5,11-12,15H,6-9,13H2/t11-,12-/m1/s1. The summed E-state index contributed by atoms with van der Waals surface area (Å²) in [4.78, 5) is 2.26. The van der Waals surface area contributed by atoms with Gasteiger partial charge in [0.1, 0.15) is 0 Å². The summed E-state index contributed by atoms with van der Waals surface area (Å²) in [7, 11) is 0. The van der Waals surface area contributed by atoms with Gasteiger partial charge in [-0.1, -0.05) is 30.3 Å². The second kappa shape index (κ2) is 4.75. The van der Waals surface area contributed by atoms with Gasteiger partial charge in [-0.05, 0) is 12.0 Å². The minimum absolute atomic E-state index is 0.124. The number of hydrogen-bond donors (Lipinski definition) is 2. The Morgan fingerprint density at radius 2 is 2.07 bits per heavy atom. The summed E-state index contributed by atoms with van der Waals surface area (Å²) < 4.78 is 0. The summed E-state index contributed by atoms with van der Waals surface area (Å²) in [5, 5.41) is 9.26. The third-order valence-electron chi connectivity index (χ3n) is 3.13. The van der Waals surface area contributed by atoms with Gasteiger partial charge in [-0.3, -0.25) is 4.90 Å². The SMILES string of the molecule is N[C@@H]1CCN(Cc2ccccc2)[C@@H]1CO. The van der Waals surface area contributed by atoms with Crippen LogP contribution in [0.15, 0.2) is 30.3 Å².